The Labute approximate surface area is 109 Å². The first-order chi connectivity index (χ1) is 8.56. The molecule has 2 atom stereocenters. The molecule has 1 saturated carbocycles. The minimum Gasteiger partial charge on any atom is -0.409 e. The van der Waals surface area contributed by atoms with Gasteiger partial charge in [0.05, 0.1) is 5.60 Å². The van der Waals surface area contributed by atoms with E-state index in [1.54, 1.807) is 0 Å². The van der Waals surface area contributed by atoms with Gasteiger partial charge in [-0.25, -0.2) is 0 Å². The first kappa shape index (κ1) is 13.6. The van der Waals surface area contributed by atoms with Crippen molar-refractivity contribution in [2.24, 2.45) is 16.8 Å². The van der Waals surface area contributed by atoms with Gasteiger partial charge < -0.3 is 20.6 Å². The molecule has 1 saturated heterocycles. The van der Waals surface area contributed by atoms with Gasteiger partial charge >= 0.3 is 0 Å². The van der Waals surface area contributed by atoms with E-state index in [1.807, 2.05) is 6.92 Å². The summed E-state index contributed by atoms with van der Waals surface area (Å²) in [6.45, 7) is 3.69. The van der Waals surface area contributed by atoms with Gasteiger partial charge in [-0.1, -0.05) is 12.1 Å². The van der Waals surface area contributed by atoms with Crippen molar-refractivity contribution in [3.05, 3.63) is 0 Å². The van der Waals surface area contributed by atoms with E-state index in [4.69, 9.17) is 15.7 Å². The number of rotatable bonds is 4. The fourth-order valence-electron chi connectivity index (χ4n) is 3.07. The molecule has 5 nitrogen and oxygen atoms in total. The SMILES string of the molecule is CC(CN(C)C1CCOC2(CCC2)C1)C(N)=NO. The zero-order valence-corrected chi connectivity index (χ0v) is 11.4. The maximum atomic E-state index is 8.68. The third-order valence-electron chi connectivity index (χ3n) is 4.54. The van der Waals surface area contributed by atoms with Gasteiger partial charge in [-0.2, -0.15) is 0 Å². The van der Waals surface area contributed by atoms with Gasteiger partial charge in [-0.15, -0.1) is 0 Å². The van der Waals surface area contributed by atoms with Crippen LogP contribution in [0.25, 0.3) is 0 Å². The Morgan fingerprint density at radius 2 is 2.33 bits per heavy atom. The Morgan fingerprint density at radius 3 is 2.89 bits per heavy atom. The predicted molar refractivity (Wildman–Crippen MR) is 70.8 cm³/mol. The van der Waals surface area contributed by atoms with Crippen molar-refractivity contribution in [1.82, 2.24) is 4.90 Å². The van der Waals surface area contributed by atoms with E-state index in [0.29, 0.717) is 11.9 Å². The van der Waals surface area contributed by atoms with Crippen LogP contribution in [0.1, 0.15) is 39.0 Å². The number of hydrogen-bond donors (Lipinski definition) is 2. The molecule has 2 unspecified atom stereocenters. The number of oxime groups is 1. The van der Waals surface area contributed by atoms with Crippen LogP contribution >= 0.6 is 0 Å². The highest BCUT2D eigenvalue weighted by Crippen LogP contribution is 2.43. The lowest BCUT2D eigenvalue weighted by atomic mass is 9.73. The molecule has 1 aliphatic carbocycles. The quantitative estimate of drug-likeness (QED) is 0.345. The normalized spacial score (nSPS) is 29.3. The van der Waals surface area contributed by atoms with E-state index in [0.717, 1.165) is 26.0 Å². The number of amidine groups is 1. The lowest BCUT2D eigenvalue weighted by molar-refractivity contribution is -0.147. The van der Waals surface area contributed by atoms with Crippen molar-refractivity contribution in [2.45, 2.75) is 50.7 Å². The molecule has 1 heterocycles. The molecular formula is C13H25N3O2. The average molecular weight is 255 g/mol. The summed E-state index contributed by atoms with van der Waals surface area (Å²) in [5, 5.41) is 11.8. The van der Waals surface area contributed by atoms with Gasteiger partial charge in [-0.05, 0) is 39.2 Å². The zero-order valence-electron chi connectivity index (χ0n) is 11.4. The maximum absolute atomic E-state index is 8.68. The number of nitrogens with two attached hydrogens (primary N) is 1. The van der Waals surface area contributed by atoms with Crippen molar-refractivity contribution >= 4 is 5.84 Å². The second kappa shape index (κ2) is 5.45. The highest BCUT2D eigenvalue weighted by Gasteiger charge is 2.43. The summed E-state index contributed by atoms with van der Waals surface area (Å²) < 4.78 is 5.94. The molecule has 1 aliphatic heterocycles. The first-order valence-corrected chi connectivity index (χ1v) is 6.88. The Hall–Kier alpha value is -0.810. The largest absolute Gasteiger partial charge is 0.409 e. The van der Waals surface area contributed by atoms with Gasteiger partial charge in [0.15, 0.2) is 0 Å². The minimum atomic E-state index is 0.0835. The number of hydrogen-bond acceptors (Lipinski definition) is 4. The molecular weight excluding hydrogens is 230 g/mol. The van der Waals surface area contributed by atoms with Gasteiger partial charge in [-0.3, -0.25) is 0 Å². The van der Waals surface area contributed by atoms with Gasteiger partial charge in [0.2, 0.25) is 0 Å². The van der Waals surface area contributed by atoms with E-state index in [9.17, 15) is 0 Å². The smallest absolute Gasteiger partial charge is 0.143 e. The van der Waals surface area contributed by atoms with Crippen molar-refractivity contribution < 1.29 is 9.94 Å². The van der Waals surface area contributed by atoms with Crippen LogP contribution in [-0.2, 0) is 4.74 Å². The highest BCUT2D eigenvalue weighted by molar-refractivity contribution is 5.82. The molecule has 0 aromatic rings. The van der Waals surface area contributed by atoms with E-state index < -0.39 is 0 Å². The van der Waals surface area contributed by atoms with Crippen LogP contribution in [0.3, 0.4) is 0 Å². The molecule has 104 valence electrons. The monoisotopic (exact) mass is 255 g/mol. The zero-order chi connectivity index (χ0) is 13.2. The van der Waals surface area contributed by atoms with E-state index in [-0.39, 0.29) is 11.5 Å². The second-order valence-corrected chi connectivity index (χ2v) is 5.90. The molecule has 0 amide bonds. The molecule has 3 N–H and O–H groups in total. The Kier molecular flexibility index (Phi) is 4.12. The van der Waals surface area contributed by atoms with Crippen LogP contribution in [0.2, 0.25) is 0 Å². The Balaban J connectivity index is 1.86. The number of ether oxygens (including phenoxy) is 1. The van der Waals surface area contributed by atoms with Crippen LogP contribution in [0.4, 0.5) is 0 Å². The topological polar surface area (TPSA) is 71.1 Å². The molecule has 2 rings (SSSR count). The fraction of sp³-hybridized carbons (Fsp3) is 0.923. The maximum Gasteiger partial charge on any atom is 0.143 e. The van der Waals surface area contributed by atoms with Crippen LogP contribution in [-0.4, -0.2) is 47.8 Å². The molecule has 1 spiro atoms. The molecule has 0 bridgehead atoms. The summed E-state index contributed by atoms with van der Waals surface area (Å²) in [7, 11) is 2.13. The lowest BCUT2D eigenvalue weighted by Gasteiger charge is -2.49. The molecule has 2 fully saturated rings. The fourth-order valence-corrected chi connectivity index (χ4v) is 3.07. The molecule has 2 aliphatic rings. The third kappa shape index (κ3) is 2.78. The third-order valence-corrected chi connectivity index (χ3v) is 4.54. The molecule has 0 aromatic carbocycles. The van der Waals surface area contributed by atoms with Crippen molar-refractivity contribution in [2.75, 3.05) is 20.2 Å². The van der Waals surface area contributed by atoms with Crippen molar-refractivity contribution in [3.8, 4) is 0 Å². The van der Waals surface area contributed by atoms with Gasteiger partial charge in [0.25, 0.3) is 0 Å². The summed E-state index contributed by atoms with van der Waals surface area (Å²) in [4.78, 5) is 2.34. The van der Waals surface area contributed by atoms with Crippen LogP contribution < -0.4 is 5.73 Å². The van der Waals surface area contributed by atoms with E-state index in [1.165, 1.54) is 19.3 Å². The van der Waals surface area contributed by atoms with E-state index in [2.05, 4.69) is 17.1 Å². The lowest BCUT2D eigenvalue weighted by Crippen LogP contribution is -2.52. The molecule has 5 heteroatoms. The summed E-state index contributed by atoms with van der Waals surface area (Å²) in [6.07, 6.45) is 5.95. The minimum absolute atomic E-state index is 0.0835. The standard InChI is InChI=1S/C13H25N3O2/c1-10(12(14)15-17)9-16(2)11-4-7-18-13(8-11)5-3-6-13/h10-11,17H,3-9H2,1-2H3,(H2,14,15). The summed E-state index contributed by atoms with van der Waals surface area (Å²) in [5.74, 6) is 0.396. The number of nitrogens with zero attached hydrogens (tertiary/aromatic N) is 2. The molecule has 18 heavy (non-hydrogen) atoms. The highest BCUT2D eigenvalue weighted by atomic mass is 16.5. The summed E-state index contributed by atoms with van der Waals surface area (Å²) in [5.41, 5.74) is 5.81. The van der Waals surface area contributed by atoms with Crippen molar-refractivity contribution in [3.63, 3.8) is 0 Å². The predicted octanol–water partition coefficient (Wildman–Crippen LogP) is 1.40. The summed E-state index contributed by atoms with van der Waals surface area (Å²) >= 11 is 0. The van der Waals surface area contributed by atoms with Gasteiger partial charge in [0.1, 0.15) is 5.84 Å². The average Bonchev–Trinajstić information content (AvgIpc) is 2.35. The van der Waals surface area contributed by atoms with Crippen LogP contribution in [0.15, 0.2) is 5.16 Å². The van der Waals surface area contributed by atoms with Crippen molar-refractivity contribution in [1.29, 1.82) is 0 Å². The second-order valence-electron chi connectivity index (χ2n) is 5.90. The summed E-state index contributed by atoms with van der Waals surface area (Å²) in [6, 6.07) is 0.563. The van der Waals surface area contributed by atoms with Crippen LogP contribution in [0.5, 0.6) is 0 Å². The van der Waals surface area contributed by atoms with E-state index >= 15 is 0 Å². The Bertz CT molecular complexity index is 315. The molecule has 0 radical (unpaired) electrons. The molecule has 0 aromatic heterocycles. The van der Waals surface area contributed by atoms with Crippen LogP contribution in [0, 0.1) is 5.92 Å². The first-order valence-electron chi connectivity index (χ1n) is 6.88. The Morgan fingerprint density at radius 1 is 1.61 bits per heavy atom. The van der Waals surface area contributed by atoms with Gasteiger partial charge in [0, 0.05) is 25.1 Å².